The molecule has 2 rings (SSSR count). The SMILES string of the molecule is N/C(=N/O)c1ccnc(SCc2ccccc2)n1. The van der Waals surface area contributed by atoms with Crippen molar-refractivity contribution < 1.29 is 5.21 Å². The number of amidine groups is 1. The normalized spacial score (nSPS) is 11.4. The molecule has 92 valence electrons. The summed E-state index contributed by atoms with van der Waals surface area (Å²) in [6.07, 6.45) is 1.59. The lowest BCUT2D eigenvalue weighted by molar-refractivity contribution is 0.318. The lowest BCUT2D eigenvalue weighted by Crippen LogP contribution is -2.15. The average Bonchev–Trinajstić information content (AvgIpc) is 2.45. The van der Waals surface area contributed by atoms with Crippen molar-refractivity contribution in [2.45, 2.75) is 10.9 Å². The predicted molar refractivity (Wildman–Crippen MR) is 70.5 cm³/mol. The molecule has 0 atom stereocenters. The lowest BCUT2D eigenvalue weighted by Gasteiger charge is -2.02. The molecule has 0 saturated heterocycles. The van der Waals surface area contributed by atoms with Gasteiger partial charge in [-0.15, -0.1) is 0 Å². The first-order valence-electron chi connectivity index (χ1n) is 5.27. The van der Waals surface area contributed by atoms with E-state index in [9.17, 15) is 0 Å². The van der Waals surface area contributed by atoms with Crippen LogP contribution in [-0.2, 0) is 5.75 Å². The van der Waals surface area contributed by atoms with E-state index < -0.39 is 0 Å². The van der Waals surface area contributed by atoms with Crippen LogP contribution in [0.25, 0.3) is 0 Å². The Kier molecular flexibility index (Phi) is 4.14. The van der Waals surface area contributed by atoms with Gasteiger partial charge in [-0.3, -0.25) is 0 Å². The zero-order valence-electron chi connectivity index (χ0n) is 9.52. The molecule has 1 aromatic heterocycles. The van der Waals surface area contributed by atoms with Gasteiger partial charge in [-0.05, 0) is 11.6 Å². The van der Waals surface area contributed by atoms with E-state index in [4.69, 9.17) is 10.9 Å². The van der Waals surface area contributed by atoms with E-state index in [1.165, 1.54) is 17.3 Å². The Morgan fingerprint density at radius 2 is 2.06 bits per heavy atom. The smallest absolute Gasteiger partial charge is 0.188 e. The number of nitrogens with two attached hydrogens (primary N) is 1. The van der Waals surface area contributed by atoms with Gasteiger partial charge in [0.1, 0.15) is 5.69 Å². The monoisotopic (exact) mass is 260 g/mol. The van der Waals surface area contributed by atoms with Crippen LogP contribution in [0, 0.1) is 0 Å². The molecule has 1 heterocycles. The summed E-state index contributed by atoms with van der Waals surface area (Å²) in [7, 11) is 0. The molecule has 5 nitrogen and oxygen atoms in total. The quantitative estimate of drug-likeness (QED) is 0.219. The van der Waals surface area contributed by atoms with Gasteiger partial charge in [-0.1, -0.05) is 47.2 Å². The maximum atomic E-state index is 8.58. The summed E-state index contributed by atoms with van der Waals surface area (Å²) in [5.41, 5.74) is 7.09. The summed E-state index contributed by atoms with van der Waals surface area (Å²) in [6.45, 7) is 0. The van der Waals surface area contributed by atoms with Crippen LogP contribution in [0.5, 0.6) is 0 Å². The van der Waals surface area contributed by atoms with Gasteiger partial charge < -0.3 is 10.9 Å². The van der Waals surface area contributed by atoms with Crippen molar-refractivity contribution in [2.24, 2.45) is 10.9 Å². The minimum atomic E-state index is -0.0149. The van der Waals surface area contributed by atoms with Crippen molar-refractivity contribution in [1.82, 2.24) is 9.97 Å². The molecular formula is C12H12N4OS. The zero-order valence-corrected chi connectivity index (χ0v) is 10.3. The van der Waals surface area contributed by atoms with Gasteiger partial charge in [0.15, 0.2) is 11.0 Å². The van der Waals surface area contributed by atoms with Gasteiger partial charge in [0.05, 0.1) is 0 Å². The number of benzene rings is 1. The van der Waals surface area contributed by atoms with E-state index in [-0.39, 0.29) is 5.84 Å². The van der Waals surface area contributed by atoms with Crippen molar-refractivity contribution in [1.29, 1.82) is 0 Å². The second-order valence-corrected chi connectivity index (χ2v) is 4.43. The Balaban J connectivity index is 2.06. The Bertz CT molecular complexity index is 545. The fourth-order valence-corrected chi connectivity index (χ4v) is 2.11. The largest absolute Gasteiger partial charge is 0.409 e. The molecule has 1 aromatic carbocycles. The maximum Gasteiger partial charge on any atom is 0.188 e. The van der Waals surface area contributed by atoms with Gasteiger partial charge >= 0.3 is 0 Å². The molecule has 3 N–H and O–H groups in total. The fraction of sp³-hybridized carbons (Fsp3) is 0.0833. The van der Waals surface area contributed by atoms with E-state index in [0.717, 1.165) is 5.75 Å². The number of nitrogens with zero attached hydrogens (tertiary/aromatic N) is 3. The number of oxime groups is 1. The zero-order chi connectivity index (χ0) is 12.8. The number of hydrogen-bond acceptors (Lipinski definition) is 5. The number of rotatable bonds is 4. The Labute approximate surface area is 109 Å². The van der Waals surface area contributed by atoms with Crippen LogP contribution in [0.3, 0.4) is 0 Å². The summed E-state index contributed by atoms with van der Waals surface area (Å²) in [5.74, 6) is 0.763. The third-order valence-electron chi connectivity index (χ3n) is 2.21. The molecule has 0 spiro atoms. The highest BCUT2D eigenvalue weighted by molar-refractivity contribution is 7.98. The molecule has 0 aliphatic heterocycles. The second kappa shape index (κ2) is 6.02. The van der Waals surface area contributed by atoms with Crippen molar-refractivity contribution in [3.8, 4) is 0 Å². The minimum absolute atomic E-state index is 0.0149. The van der Waals surface area contributed by atoms with Crippen LogP contribution in [-0.4, -0.2) is 21.0 Å². The molecule has 0 aliphatic rings. The van der Waals surface area contributed by atoms with Gasteiger partial charge in [0.2, 0.25) is 0 Å². The van der Waals surface area contributed by atoms with Gasteiger partial charge in [0, 0.05) is 11.9 Å². The molecule has 6 heteroatoms. The number of aromatic nitrogens is 2. The second-order valence-electron chi connectivity index (χ2n) is 3.48. The molecule has 0 unspecified atom stereocenters. The molecule has 0 amide bonds. The van der Waals surface area contributed by atoms with Crippen LogP contribution in [0.1, 0.15) is 11.3 Å². The van der Waals surface area contributed by atoms with E-state index >= 15 is 0 Å². The summed E-state index contributed by atoms with van der Waals surface area (Å²) < 4.78 is 0. The summed E-state index contributed by atoms with van der Waals surface area (Å²) in [5, 5.41) is 12.1. The van der Waals surface area contributed by atoms with Crippen LogP contribution < -0.4 is 5.73 Å². The van der Waals surface area contributed by atoms with E-state index in [2.05, 4.69) is 15.1 Å². The molecule has 0 saturated carbocycles. The maximum absolute atomic E-state index is 8.58. The predicted octanol–water partition coefficient (Wildman–Crippen LogP) is 1.86. The average molecular weight is 260 g/mol. The molecule has 0 fully saturated rings. The van der Waals surface area contributed by atoms with Crippen molar-refractivity contribution in [3.63, 3.8) is 0 Å². The van der Waals surface area contributed by atoms with Crippen LogP contribution in [0.2, 0.25) is 0 Å². The first kappa shape index (κ1) is 12.4. The summed E-state index contributed by atoms with van der Waals surface area (Å²) in [6, 6.07) is 11.6. The van der Waals surface area contributed by atoms with Gasteiger partial charge in [0.25, 0.3) is 0 Å². The molecule has 18 heavy (non-hydrogen) atoms. The van der Waals surface area contributed by atoms with E-state index in [0.29, 0.717) is 10.9 Å². The van der Waals surface area contributed by atoms with Crippen LogP contribution in [0.4, 0.5) is 0 Å². The number of hydrogen-bond donors (Lipinski definition) is 2. The molecular weight excluding hydrogens is 248 g/mol. The standard InChI is InChI=1S/C12H12N4OS/c13-11(16-17)10-6-7-14-12(15-10)18-8-9-4-2-1-3-5-9/h1-7,17H,8H2,(H2,13,16). The van der Waals surface area contributed by atoms with Gasteiger partial charge in [-0.25, -0.2) is 9.97 Å². The molecule has 2 aromatic rings. The Morgan fingerprint density at radius 3 is 2.78 bits per heavy atom. The van der Waals surface area contributed by atoms with E-state index in [1.54, 1.807) is 12.3 Å². The summed E-state index contributed by atoms with van der Waals surface area (Å²) >= 11 is 1.50. The van der Waals surface area contributed by atoms with Crippen LogP contribution in [0.15, 0.2) is 52.9 Å². The molecule has 0 radical (unpaired) electrons. The Morgan fingerprint density at radius 1 is 1.28 bits per heavy atom. The number of thioether (sulfide) groups is 1. The molecule has 0 aliphatic carbocycles. The fourth-order valence-electron chi connectivity index (χ4n) is 1.33. The third-order valence-corrected chi connectivity index (χ3v) is 3.15. The molecule has 0 bridgehead atoms. The first-order chi connectivity index (χ1) is 8.79. The lowest BCUT2D eigenvalue weighted by atomic mass is 10.2. The van der Waals surface area contributed by atoms with Crippen molar-refractivity contribution >= 4 is 17.6 Å². The van der Waals surface area contributed by atoms with Crippen LogP contribution >= 0.6 is 11.8 Å². The van der Waals surface area contributed by atoms with Gasteiger partial charge in [-0.2, -0.15) is 0 Å². The highest BCUT2D eigenvalue weighted by atomic mass is 32.2. The topological polar surface area (TPSA) is 84.4 Å². The van der Waals surface area contributed by atoms with E-state index in [1.807, 2.05) is 30.3 Å². The highest BCUT2D eigenvalue weighted by Crippen LogP contribution is 2.18. The minimum Gasteiger partial charge on any atom is -0.409 e. The van der Waals surface area contributed by atoms with Crippen molar-refractivity contribution in [2.75, 3.05) is 0 Å². The first-order valence-corrected chi connectivity index (χ1v) is 6.26. The Hall–Kier alpha value is -2.08. The highest BCUT2D eigenvalue weighted by Gasteiger charge is 2.04. The third kappa shape index (κ3) is 3.21. The van der Waals surface area contributed by atoms with Crippen molar-refractivity contribution in [3.05, 3.63) is 53.9 Å². The summed E-state index contributed by atoms with van der Waals surface area (Å²) in [4.78, 5) is 8.33.